The second-order valence-corrected chi connectivity index (χ2v) is 10.9. The first-order chi connectivity index (χ1) is 17.9. The molecule has 0 aliphatic heterocycles. The molecule has 0 bridgehead atoms. The van der Waals surface area contributed by atoms with Crippen LogP contribution in [0.3, 0.4) is 0 Å². The van der Waals surface area contributed by atoms with E-state index in [0.717, 1.165) is 42.4 Å². The smallest absolute Gasteiger partial charge is 0.243 e. The van der Waals surface area contributed by atoms with Gasteiger partial charge in [0.1, 0.15) is 6.04 Å². The molecule has 0 radical (unpaired) electrons. The molecule has 1 unspecified atom stereocenters. The molecular formula is C30H31Cl3N2O2. The zero-order valence-electron chi connectivity index (χ0n) is 20.6. The summed E-state index contributed by atoms with van der Waals surface area (Å²) in [5.74, 6) is -0.289. The van der Waals surface area contributed by atoms with Crippen LogP contribution in [0.25, 0.3) is 0 Å². The van der Waals surface area contributed by atoms with Crippen LogP contribution in [-0.2, 0) is 29.0 Å². The molecule has 2 amide bonds. The molecule has 0 saturated heterocycles. The molecule has 3 aromatic rings. The molecule has 194 valence electrons. The first-order valence-electron chi connectivity index (χ1n) is 12.7. The number of carbonyl (C=O) groups excluding carboxylic acids is 2. The molecule has 7 heteroatoms. The monoisotopic (exact) mass is 556 g/mol. The number of halogens is 3. The molecule has 0 heterocycles. The van der Waals surface area contributed by atoms with Crippen molar-refractivity contribution in [3.8, 4) is 0 Å². The van der Waals surface area contributed by atoms with E-state index in [9.17, 15) is 9.59 Å². The van der Waals surface area contributed by atoms with Crippen molar-refractivity contribution in [3.63, 3.8) is 0 Å². The lowest BCUT2D eigenvalue weighted by Crippen LogP contribution is -2.53. The average molecular weight is 558 g/mol. The van der Waals surface area contributed by atoms with E-state index in [4.69, 9.17) is 34.8 Å². The first-order valence-corrected chi connectivity index (χ1v) is 13.8. The minimum atomic E-state index is -0.689. The summed E-state index contributed by atoms with van der Waals surface area (Å²) in [6.45, 7) is 0.228. The maximum Gasteiger partial charge on any atom is 0.243 e. The molecule has 0 spiro atoms. The maximum absolute atomic E-state index is 13.9. The first kappa shape index (κ1) is 27.5. The number of hydrogen-bond donors (Lipinski definition) is 1. The number of amides is 2. The lowest BCUT2D eigenvalue weighted by Gasteiger charge is -2.33. The third-order valence-corrected chi connectivity index (χ3v) is 7.78. The molecule has 4 nitrogen and oxygen atoms in total. The van der Waals surface area contributed by atoms with Crippen LogP contribution in [0.5, 0.6) is 0 Å². The van der Waals surface area contributed by atoms with Gasteiger partial charge in [-0.15, -0.1) is 0 Å². The molecule has 1 fully saturated rings. The molecule has 4 rings (SSSR count). The Morgan fingerprint density at radius 2 is 1.54 bits per heavy atom. The Hall–Kier alpha value is -2.53. The third-order valence-electron chi connectivity index (χ3n) is 6.80. The lowest BCUT2D eigenvalue weighted by molar-refractivity contribution is -0.141. The predicted molar refractivity (Wildman–Crippen MR) is 151 cm³/mol. The van der Waals surface area contributed by atoms with E-state index in [1.54, 1.807) is 29.2 Å². The van der Waals surface area contributed by atoms with Crippen molar-refractivity contribution < 1.29 is 9.59 Å². The van der Waals surface area contributed by atoms with Crippen LogP contribution in [0.4, 0.5) is 0 Å². The number of carbonyl (C=O) groups is 2. The van der Waals surface area contributed by atoms with Gasteiger partial charge in [-0.25, -0.2) is 0 Å². The van der Waals surface area contributed by atoms with E-state index in [1.165, 1.54) is 6.42 Å². The summed E-state index contributed by atoms with van der Waals surface area (Å²) in [5.41, 5.74) is 2.58. The molecule has 1 saturated carbocycles. The van der Waals surface area contributed by atoms with Gasteiger partial charge in [-0.2, -0.15) is 0 Å². The van der Waals surface area contributed by atoms with Gasteiger partial charge in [0, 0.05) is 24.0 Å². The number of hydrogen-bond acceptors (Lipinski definition) is 2. The second kappa shape index (κ2) is 13.3. The van der Waals surface area contributed by atoms with Gasteiger partial charge in [-0.3, -0.25) is 9.59 Å². The van der Waals surface area contributed by atoms with Gasteiger partial charge in [-0.1, -0.05) is 103 Å². The van der Waals surface area contributed by atoms with E-state index in [0.29, 0.717) is 21.5 Å². The zero-order chi connectivity index (χ0) is 26.2. The Morgan fingerprint density at radius 1 is 0.811 bits per heavy atom. The van der Waals surface area contributed by atoms with Crippen molar-refractivity contribution in [2.24, 2.45) is 0 Å². The van der Waals surface area contributed by atoms with Crippen LogP contribution < -0.4 is 5.32 Å². The fourth-order valence-electron chi connectivity index (χ4n) is 4.86. The summed E-state index contributed by atoms with van der Waals surface area (Å²) in [7, 11) is 0. The van der Waals surface area contributed by atoms with Gasteiger partial charge in [-0.05, 0) is 53.8 Å². The van der Waals surface area contributed by atoms with Gasteiger partial charge in [0.05, 0.1) is 16.5 Å². The van der Waals surface area contributed by atoms with E-state index < -0.39 is 6.04 Å². The van der Waals surface area contributed by atoms with Crippen molar-refractivity contribution in [2.75, 3.05) is 0 Å². The van der Waals surface area contributed by atoms with Gasteiger partial charge >= 0.3 is 0 Å². The Morgan fingerprint density at radius 3 is 2.24 bits per heavy atom. The second-order valence-electron chi connectivity index (χ2n) is 9.63. The highest BCUT2D eigenvalue weighted by molar-refractivity contribution is 6.42. The normalized spacial score (nSPS) is 14.7. The van der Waals surface area contributed by atoms with E-state index >= 15 is 0 Å². The van der Waals surface area contributed by atoms with Gasteiger partial charge in [0.25, 0.3) is 0 Å². The van der Waals surface area contributed by atoms with E-state index in [2.05, 4.69) is 5.32 Å². The number of rotatable bonds is 9. The molecular weight excluding hydrogens is 527 g/mol. The van der Waals surface area contributed by atoms with E-state index in [1.807, 2.05) is 48.5 Å². The van der Waals surface area contributed by atoms with Crippen LogP contribution in [0.1, 0.15) is 48.8 Å². The average Bonchev–Trinajstić information content (AvgIpc) is 2.89. The van der Waals surface area contributed by atoms with Crippen LogP contribution in [-0.4, -0.2) is 28.8 Å². The Kier molecular flexibility index (Phi) is 9.90. The Balaban J connectivity index is 1.67. The summed E-state index contributed by atoms with van der Waals surface area (Å²) >= 11 is 18.6. The van der Waals surface area contributed by atoms with Crippen LogP contribution >= 0.6 is 34.8 Å². The zero-order valence-corrected chi connectivity index (χ0v) is 22.9. The largest absolute Gasteiger partial charge is 0.352 e. The third kappa shape index (κ3) is 7.98. The van der Waals surface area contributed by atoms with Crippen LogP contribution in [0.2, 0.25) is 15.1 Å². The predicted octanol–water partition coefficient (Wildman–Crippen LogP) is 7.28. The minimum Gasteiger partial charge on any atom is -0.352 e. The Bertz CT molecular complexity index is 1210. The molecule has 1 atom stereocenters. The topological polar surface area (TPSA) is 49.4 Å². The fraction of sp³-hybridized carbons (Fsp3) is 0.333. The Labute approximate surface area is 233 Å². The number of nitrogens with one attached hydrogen (secondary N) is 1. The quantitative estimate of drug-likeness (QED) is 0.301. The number of nitrogens with zero attached hydrogens (tertiary/aromatic N) is 1. The van der Waals surface area contributed by atoms with E-state index in [-0.39, 0.29) is 30.8 Å². The highest BCUT2D eigenvalue weighted by Crippen LogP contribution is 2.25. The molecule has 3 aromatic carbocycles. The van der Waals surface area contributed by atoms with Crippen molar-refractivity contribution >= 4 is 46.6 Å². The summed E-state index contributed by atoms with van der Waals surface area (Å²) < 4.78 is 0. The van der Waals surface area contributed by atoms with Crippen molar-refractivity contribution in [2.45, 2.75) is 63.6 Å². The van der Waals surface area contributed by atoms with Crippen molar-refractivity contribution in [1.29, 1.82) is 0 Å². The summed E-state index contributed by atoms with van der Waals surface area (Å²) in [5, 5.41) is 4.67. The fourth-order valence-corrected chi connectivity index (χ4v) is 5.39. The van der Waals surface area contributed by atoms with Crippen LogP contribution in [0, 0.1) is 0 Å². The SMILES string of the molecule is O=C(NC1CCCCC1)C(Cc1ccccc1)N(Cc1ccc(Cl)c(Cl)c1)C(=O)Cc1cccc(Cl)c1. The standard InChI is InChI=1S/C30H31Cl3N2O2/c31-24-11-7-10-22(16-24)19-29(36)35(20-23-14-15-26(32)27(33)17-23)28(18-21-8-3-1-4-9-21)30(37)34-25-12-5-2-6-13-25/h1,3-4,7-11,14-17,25,28H,2,5-6,12-13,18-20H2,(H,34,37). The van der Waals surface area contributed by atoms with Gasteiger partial charge in [0.15, 0.2) is 0 Å². The molecule has 37 heavy (non-hydrogen) atoms. The maximum atomic E-state index is 13.9. The summed E-state index contributed by atoms with van der Waals surface area (Å²) in [6.07, 6.45) is 5.87. The highest BCUT2D eigenvalue weighted by Gasteiger charge is 2.32. The summed E-state index contributed by atoms with van der Waals surface area (Å²) in [6, 6.07) is 21.8. The van der Waals surface area contributed by atoms with Gasteiger partial charge in [0.2, 0.25) is 11.8 Å². The number of benzene rings is 3. The van der Waals surface area contributed by atoms with Crippen molar-refractivity contribution in [1.82, 2.24) is 10.2 Å². The molecule has 0 aromatic heterocycles. The minimum absolute atomic E-state index is 0.129. The lowest BCUT2D eigenvalue weighted by atomic mass is 9.94. The molecule has 1 N–H and O–H groups in total. The van der Waals surface area contributed by atoms with Gasteiger partial charge < -0.3 is 10.2 Å². The van der Waals surface area contributed by atoms with Crippen LogP contribution in [0.15, 0.2) is 72.8 Å². The molecule has 1 aliphatic carbocycles. The van der Waals surface area contributed by atoms with Crippen molar-refractivity contribution in [3.05, 3.63) is 105 Å². The molecule has 1 aliphatic rings. The summed E-state index contributed by atoms with van der Waals surface area (Å²) in [4.78, 5) is 29.3. The highest BCUT2D eigenvalue weighted by atomic mass is 35.5.